The number of anilines is 2. The Morgan fingerprint density at radius 3 is 2.61 bits per heavy atom. The van der Waals surface area contributed by atoms with Crippen LogP contribution in [-0.2, 0) is 24.4 Å². The summed E-state index contributed by atoms with van der Waals surface area (Å²) in [6, 6.07) is 8.25. The van der Waals surface area contributed by atoms with Gasteiger partial charge in [0.2, 0.25) is 5.95 Å². The molecule has 0 bridgehead atoms. The van der Waals surface area contributed by atoms with Crippen molar-refractivity contribution in [2.45, 2.75) is 50.5 Å². The van der Waals surface area contributed by atoms with Crippen molar-refractivity contribution in [3.8, 4) is 0 Å². The number of rotatable bonds is 5. The molecule has 2 N–H and O–H groups in total. The van der Waals surface area contributed by atoms with Crippen LogP contribution in [0.2, 0.25) is 0 Å². The molecule has 4 rings (SSSR count). The molecule has 4 unspecified atom stereocenters. The Balaban J connectivity index is 1.36. The van der Waals surface area contributed by atoms with E-state index in [4.69, 9.17) is 18.9 Å². The van der Waals surface area contributed by atoms with Gasteiger partial charge in [-0.1, -0.05) is 32.9 Å². The quantitative estimate of drug-likeness (QED) is 0.654. The van der Waals surface area contributed by atoms with E-state index in [0.29, 0.717) is 18.2 Å². The summed E-state index contributed by atoms with van der Waals surface area (Å²) in [6.07, 6.45) is -0.307. The van der Waals surface area contributed by atoms with Gasteiger partial charge in [-0.25, -0.2) is 19.6 Å². The van der Waals surface area contributed by atoms with Crippen molar-refractivity contribution in [1.29, 1.82) is 0 Å². The maximum Gasteiger partial charge on any atom is 0.412 e. The number of aromatic nitrogens is 2. The van der Waals surface area contributed by atoms with Crippen LogP contribution in [0.15, 0.2) is 36.5 Å². The number of methoxy groups -OCH3 is 1. The fourth-order valence-corrected chi connectivity index (χ4v) is 3.86. The monoisotopic (exact) mass is 456 g/mol. The summed E-state index contributed by atoms with van der Waals surface area (Å²) in [5, 5.41) is 5.88. The van der Waals surface area contributed by atoms with E-state index in [9.17, 15) is 9.59 Å². The first-order valence-electron chi connectivity index (χ1n) is 10.7. The van der Waals surface area contributed by atoms with Gasteiger partial charge in [-0.05, 0) is 18.2 Å². The number of nitrogens with zero attached hydrogens (tertiary/aromatic N) is 2. The van der Waals surface area contributed by atoms with Crippen molar-refractivity contribution < 1.29 is 28.5 Å². The second-order valence-electron chi connectivity index (χ2n) is 8.97. The third kappa shape index (κ3) is 5.07. The molecule has 0 spiro atoms. The van der Waals surface area contributed by atoms with Crippen LogP contribution < -0.4 is 10.6 Å². The minimum Gasteiger partial charge on any atom is -0.465 e. The smallest absolute Gasteiger partial charge is 0.412 e. The van der Waals surface area contributed by atoms with Crippen molar-refractivity contribution in [1.82, 2.24) is 9.97 Å². The predicted molar refractivity (Wildman–Crippen MR) is 119 cm³/mol. The average molecular weight is 456 g/mol. The Labute approximate surface area is 192 Å². The lowest BCUT2D eigenvalue weighted by atomic mass is 9.92. The van der Waals surface area contributed by atoms with Gasteiger partial charge < -0.3 is 24.3 Å². The number of carbonyl (C=O) groups excluding carboxylic acids is 2. The third-order valence-electron chi connectivity index (χ3n) is 5.57. The zero-order valence-electron chi connectivity index (χ0n) is 19.0. The standard InChI is InChI=1S/C23H28N4O6/c1-23(2,3)17-9-10-24-21(27-17)25-15-11-31-19-16(12-32-18(15)19)33-22(29)26-14-8-6-5-7-13(14)20(28)30-4/h5-10,15-16,18-19H,11-12H2,1-4H3,(H,26,29)(H,24,25,27). The van der Waals surface area contributed by atoms with Gasteiger partial charge in [-0.15, -0.1) is 0 Å². The molecule has 2 aliphatic rings. The molecule has 1 aromatic carbocycles. The maximum absolute atomic E-state index is 12.5. The molecule has 176 valence electrons. The molecule has 3 heterocycles. The van der Waals surface area contributed by atoms with Crippen LogP contribution in [0.5, 0.6) is 0 Å². The number of hydrogen-bond acceptors (Lipinski definition) is 9. The fourth-order valence-electron chi connectivity index (χ4n) is 3.86. The lowest BCUT2D eigenvalue weighted by molar-refractivity contribution is 0.00916. The van der Waals surface area contributed by atoms with E-state index in [2.05, 4.69) is 41.4 Å². The highest BCUT2D eigenvalue weighted by Gasteiger charge is 2.49. The second-order valence-corrected chi connectivity index (χ2v) is 8.97. The molecule has 2 aromatic rings. The number of esters is 1. The molecule has 0 saturated carbocycles. The molecule has 1 amide bonds. The first kappa shape index (κ1) is 22.9. The van der Waals surface area contributed by atoms with Crippen LogP contribution in [0.25, 0.3) is 0 Å². The summed E-state index contributed by atoms with van der Waals surface area (Å²) in [7, 11) is 1.28. The zero-order chi connectivity index (χ0) is 23.6. The zero-order valence-corrected chi connectivity index (χ0v) is 19.0. The lowest BCUT2D eigenvalue weighted by Gasteiger charge is -2.20. The van der Waals surface area contributed by atoms with Crippen molar-refractivity contribution in [2.24, 2.45) is 0 Å². The fraction of sp³-hybridized carbons (Fsp3) is 0.478. The molecule has 2 saturated heterocycles. The molecule has 33 heavy (non-hydrogen) atoms. The van der Waals surface area contributed by atoms with E-state index < -0.39 is 24.3 Å². The summed E-state index contributed by atoms with van der Waals surface area (Å²) in [5.41, 5.74) is 1.35. The van der Waals surface area contributed by atoms with Crippen LogP contribution in [0, 0.1) is 0 Å². The van der Waals surface area contributed by atoms with E-state index in [1.54, 1.807) is 30.5 Å². The van der Waals surface area contributed by atoms with Gasteiger partial charge in [0.1, 0.15) is 12.2 Å². The Morgan fingerprint density at radius 2 is 1.85 bits per heavy atom. The minimum atomic E-state index is -0.707. The first-order chi connectivity index (χ1) is 15.8. The predicted octanol–water partition coefficient (Wildman–Crippen LogP) is 2.76. The number of nitrogens with one attached hydrogen (secondary N) is 2. The average Bonchev–Trinajstić information content (AvgIpc) is 3.36. The lowest BCUT2D eigenvalue weighted by Crippen LogP contribution is -2.38. The molecule has 2 aliphatic heterocycles. The van der Waals surface area contributed by atoms with Gasteiger partial charge in [-0.3, -0.25) is 5.32 Å². The van der Waals surface area contributed by atoms with Crippen LogP contribution in [0.3, 0.4) is 0 Å². The molecule has 0 aliphatic carbocycles. The van der Waals surface area contributed by atoms with Crippen molar-refractivity contribution in [2.75, 3.05) is 31.0 Å². The maximum atomic E-state index is 12.5. The Morgan fingerprint density at radius 1 is 1.09 bits per heavy atom. The highest BCUT2D eigenvalue weighted by Crippen LogP contribution is 2.31. The molecule has 0 radical (unpaired) electrons. The Bertz CT molecular complexity index is 1020. The van der Waals surface area contributed by atoms with Crippen molar-refractivity contribution in [3.63, 3.8) is 0 Å². The number of carbonyl (C=O) groups is 2. The summed E-state index contributed by atoms with van der Waals surface area (Å²) in [6.45, 7) is 6.83. The molecule has 10 nitrogen and oxygen atoms in total. The number of ether oxygens (including phenoxy) is 4. The Hall–Kier alpha value is -3.24. The summed E-state index contributed by atoms with van der Waals surface area (Å²) < 4.78 is 22.1. The number of amides is 1. The molecular formula is C23H28N4O6. The van der Waals surface area contributed by atoms with Crippen molar-refractivity contribution in [3.05, 3.63) is 47.8 Å². The van der Waals surface area contributed by atoms with E-state index in [1.165, 1.54) is 7.11 Å². The van der Waals surface area contributed by atoms with E-state index >= 15 is 0 Å². The number of fused-ring (bicyclic) bond motifs is 1. The van der Waals surface area contributed by atoms with Crippen LogP contribution in [0.4, 0.5) is 16.4 Å². The summed E-state index contributed by atoms with van der Waals surface area (Å²) in [5.74, 6) is -0.0530. The van der Waals surface area contributed by atoms with E-state index in [1.807, 2.05) is 6.07 Å². The van der Waals surface area contributed by atoms with Gasteiger partial charge in [0.05, 0.1) is 43.3 Å². The number of benzene rings is 1. The van der Waals surface area contributed by atoms with Gasteiger partial charge in [-0.2, -0.15) is 0 Å². The van der Waals surface area contributed by atoms with Gasteiger partial charge >= 0.3 is 12.1 Å². The van der Waals surface area contributed by atoms with E-state index in [0.717, 1.165) is 5.69 Å². The molecule has 1 aromatic heterocycles. The van der Waals surface area contributed by atoms with Gasteiger partial charge in [0.15, 0.2) is 6.10 Å². The highest BCUT2D eigenvalue weighted by atomic mass is 16.6. The Kier molecular flexibility index (Phi) is 6.48. The number of para-hydroxylation sites is 1. The van der Waals surface area contributed by atoms with Crippen molar-refractivity contribution >= 4 is 23.7 Å². The third-order valence-corrected chi connectivity index (χ3v) is 5.57. The van der Waals surface area contributed by atoms with Crippen LogP contribution in [-0.4, -0.2) is 66.7 Å². The highest BCUT2D eigenvalue weighted by molar-refractivity contribution is 5.99. The van der Waals surface area contributed by atoms with Crippen LogP contribution >= 0.6 is 0 Å². The molecule has 10 heteroatoms. The second kappa shape index (κ2) is 9.32. The molecule has 2 fully saturated rings. The SMILES string of the molecule is COC(=O)c1ccccc1NC(=O)OC1COC2C(Nc3nccc(C(C)(C)C)n3)COC12. The van der Waals surface area contributed by atoms with Crippen LogP contribution in [0.1, 0.15) is 36.8 Å². The first-order valence-corrected chi connectivity index (χ1v) is 10.7. The molecule has 4 atom stereocenters. The molecular weight excluding hydrogens is 428 g/mol. The van der Waals surface area contributed by atoms with Gasteiger partial charge in [0.25, 0.3) is 0 Å². The normalized spacial score (nSPS) is 24.1. The van der Waals surface area contributed by atoms with Gasteiger partial charge in [0, 0.05) is 11.6 Å². The van der Waals surface area contributed by atoms with E-state index in [-0.39, 0.29) is 29.7 Å². The summed E-state index contributed by atoms with van der Waals surface area (Å²) >= 11 is 0. The topological polar surface area (TPSA) is 121 Å². The largest absolute Gasteiger partial charge is 0.465 e. The minimum absolute atomic E-state index is 0.100. The summed E-state index contributed by atoms with van der Waals surface area (Å²) in [4.78, 5) is 33.3. The number of hydrogen-bond donors (Lipinski definition) is 2.